The highest BCUT2D eigenvalue weighted by Crippen LogP contribution is 2.23. The molecule has 0 amide bonds. The molecule has 1 aliphatic heterocycles. The first-order valence-electron chi connectivity index (χ1n) is 8.84. The van der Waals surface area contributed by atoms with Gasteiger partial charge in [-0.15, -0.1) is 15.0 Å². The molecule has 6 nitrogen and oxygen atoms in total. The van der Waals surface area contributed by atoms with E-state index in [4.69, 9.17) is 0 Å². The maximum atomic E-state index is 14.0. The van der Waals surface area contributed by atoms with Crippen LogP contribution in [0.4, 0.5) is 15.9 Å². The van der Waals surface area contributed by atoms with Gasteiger partial charge < -0.3 is 9.80 Å². The molecule has 0 saturated carbocycles. The summed E-state index contributed by atoms with van der Waals surface area (Å²) in [5.41, 5.74) is 2.88. The van der Waals surface area contributed by atoms with Crippen molar-refractivity contribution in [1.29, 1.82) is 5.26 Å². The Balaban J connectivity index is 1.54. The molecule has 0 unspecified atom stereocenters. The van der Waals surface area contributed by atoms with Crippen LogP contribution in [0.1, 0.15) is 11.3 Å². The fraction of sp³-hybridized carbons (Fsp3) is 0.250. The molecule has 1 aliphatic rings. The lowest BCUT2D eigenvalue weighted by Crippen LogP contribution is -2.47. The lowest BCUT2D eigenvalue weighted by Gasteiger charge is -2.36. The Kier molecular flexibility index (Phi) is 4.47. The zero-order chi connectivity index (χ0) is 18.8. The molecule has 1 fully saturated rings. The average molecular weight is 362 g/mol. The van der Waals surface area contributed by atoms with Gasteiger partial charge in [-0.1, -0.05) is 29.8 Å². The first kappa shape index (κ1) is 17.0. The summed E-state index contributed by atoms with van der Waals surface area (Å²) in [7, 11) is 0. The number of benzene rings is 2. The largest absolute Gasteiger partial charge is 0.366 e. The Morgan fingerprint density at radius 3 is 2.26 bits per heavy atom. The molecule has 2 aromatic carbocycles. The van der Waals surface area contributed by atoms with Crippen molar-refractivity contribution in [3.63, 3.8) is 0 Å². The van der Waals surface area contributed by atoms with Crippen molar-refractivity contribution >= 4 is 11.5 Å². The number of aryl methyl sites for hydroxylation is 1. The summed E-state index contributed by atoms with van der Waals surface area (Å²) < 4.78 is 14.0. The third-order valence-corrected chi connectivity index (χ3v) is 4.74. The summed E-state index contributed by atoms with van der Waals surface area (Å²) in [6.07, 6.45) is 0. The van der Waals surface area contributed by atoms with Gasteiger partial charge in [-0.25, -0.2) is 4.39 Å². The van der Waals surface area contributed by atoms with Gasteiger partial charge in [0.05, 0.1) is 11.4 Å². The standard InChI is InChI=1S/C20H19FN6/c1-15-6-8-16(9-7-15)27-23-18(14-22)20(24-27)26-12-10-25(11-13-26)19-5-3-2-4-17(19)21/h2-9H,10-13H2,1H3. The summed E-state index contributed by atoms with van der Waals surface area (Å²) in [6, 6.07) is 16.8. The Bertz CT molecular complexity index is 980. The minimum atomic E-state index is -0.214. The van der Waals surface area contributed by atoms with Gasteiger partial charge in [0, 0.05) is 26.2 Å². The number of hydrogen-bond acceptors (Lipinski definition) is 5. The van der Waals surface area contributed by atoms with Crippen LogP contribution in [0.3, 0.4) is 0 Å². The quantitative estimate of drug-likeness (QED) is 0.717. The van der Waals surface area contributed by atoms with E-state index in [2.05, 4.69) is 16.3 Å². The molecule has 0 N–H and O–H groups in total. The molecule has 0 aliphatic carbocycles. The molecule has 0 spiro atoms. The number of anilines is 2. The van der Waals surface area contributed by atoms with E-state index in [0.29, 0.717) is 43.4 Å². The van der Waals surface area contributed by atoms with Crippen molar-refractivity contribution in [1.82, 2.24) is 15.0 Å². The van der Waals surface area contributed by atoms with Gasteiger partial charge in [-0.05, 0) is 31.2 Å². The molecular weight excluding hydrogens is 343 g/mol. The predicted octanol–water partition coefficient (Wildman–Crippen LogP) is 2.91. The number of hydrogen-bond donors (Lipinski definition) is 0. The van der Waals surface area contributed by atoms with Crippen LogP contribution in [0.25, 0.3) is 5.69 Å². The van der Waals surface area contributed by atoms with E-state index in [1.165, 1.54) is 10.9 Å². The SMILES string of the molecule is Cc1ccc(-n2nc(C#N)c(N3CCN(c4ccccc4F)CC3)n2)cc1. The van der Waals surface area contributed by atoms with Crippen molar-refractivity contribution < 1.29 is 4.39 Å². The first-order valence-corrected chi connectivity index (χ1v) is 8.84. The molecule has 1 aromatic heterocycles. The van der Waals surface area contributed by atoms with Crippen molar-refractivity contribution in [3.8, 4) is 11.8 Å². The van der Waals surface area contributed by atoms with E-state index in [-0.39, 0.29) is 5.82 Å². The van der Waals surface area contributed by atoms with E-state index in [0.717, 1.165) is 11.3 Å². The molecule has 0 radical (unpaired) electrons. The Morgan fingerprint density at radius 2 is 1.59 bits per heavy atom. The van der Waals surface area contributed by atoms with E-state index in [1.54, 1.807) is 12.1 Å². The van der Waals surface area contributed by atoms with E-state index < -0.39 is 0 Å². The third kappa shape index (κ3) is 3.34. The number of nitriles is 1. The number of halogens is 1. The minimum absolute atomic E-state index is 0.214. The molecular formula is C20H19FN6. The van der Waals surface area contributed by atoms with Crippen LogP contribution in [0.15, 0.2) is 48.5 Å². The molecule has 4 rings (SSSR count). The van der Waals surface area contributed by atoms with E-state index in [1.807, 2.05) is 47.1 Å². The zero-order valence-electron chi connectivity index (χ0n) is 15.0. The molecule has 2 heterocycles. The predicted molar refractivity (Wildman–Crippen MR) is 102 cm³/mol. The topological polar surface area (TPSA) is 61.0 Å². The molecule has 136 valence electrons. The molecule has 0 bridgehead atoms. The lowest BCUT2D eigenvalue weighted by atomic mass is 10.2. The lowest BCUT2D eigenvalue weighted by molar-refractivity contribution is 0.595. The number of rotatable bonds is 3. The van der Waals surface area contributed by atoms with Crippen LogP contribution in [0, 0.1) is 24.1 Å². The van der Waals surface area contributed by atoms with Crippen molar-refractivity contribution in [2.75, 3.05) is 36.0 Å². The number of para-hydroxylation sites is 1. The molecule has 0 atom stereocenters. The summed E-state index contributed by atoms with van der Waals surface area (Å²) >= 11 is 0. The maximum Gasteiger partial charge on any atom is 0.207 e. The van der Waals surface area contributed by atoms with Gasteiger partial charge in [0.2, 0.25) is 5.69 Å². The summed E-state index contributed by atoms with van der Waals surface area (Å²) in [4.78, 5) is 5.55. The van der Waals surface area contributed by atoms with Crippen molar-refractivity contribution in [2.24, 2.45) is 0 Å². The average Bonchev–Trinajstić information content (AvgIpc) is 3.13. The van der Waals surface area contributed by atoms with Crippen LogP contribution < -0.4 is 9.80 Å². The highest BCUT2D eigenvalue weighted by atomic mass is 19.1. The molecule has 1 saturated heterocycles. The number of piperazine rings is 1. The fourth-order valence-corrected chi connectivity index (χ4v) is 3.25. The van der Waals surface area contributed by atoms with Gasteiger partial charge >= 0.3 is 0 Å². The summed E-state index contributed by atoms with van der Waals surface area (Å²) in [5, 5.41) is 18.3. The number of nitrogens with zero attached hydrogens (tertiary/aromatic N) is 6. The smallest absolute Gasteiger partial charge is 0.207 e. The third-order valence-electron chi connectivity index (χ3n) is 4.74. The van der Waals surface area contributed by atoms with Crippen molar-refractivity contribution in [3.05, 3.63) is 65.6 Å². The van der Waals surface area contributed by atoms with Crippen LogP contribution in [-0.4, -0.2) is 41.2 Å². The second-order valence-corrected chi connectivity index (χ2v) is 6.53. The Hall–Kier alpha value is -3.40. The molecule has 27 heavy (non-hydrogen) atoms. The van der Waals surface area contributed by atoms with E-state index in [9.17, 15) is 9.65 Å². The second-order valence-electron chi connectivity index (χ2n) is 6.53. The summed E-state index contributed by atoms with van der Waals surface area (Å²) in [5.74, 6) is 0.361. The Labute approximate surface area is 157 Å². The highest BCUT2D eigenvalue weighted by molar-refractivity contribution is 5.54. The molecule has 3 aromatic rings. The van der Waals surface area contributed by atoms with Gasteiger partial charge in [-0.2, -0.15) is 5.26 Å². The highest BCUT2D eigenvalue weighted by Gasteiger charge is 2.24. The monoisotopic (exact) mass is 362 g/mol. The second kappa shape index (κ2) is 7.08. The molecule has 7 heteroatoms. The maximum absolute atomic E-state index is 14.0. The fourth-order valence-electron chi connectivity index (χ4n) is 3.25. The van der Waals surface area contributed by atoms with Crippen LogP contribution >= 0.6 is 0 Å². The van der Waals surface area contributed by atoms with Crippen LogP contribution in [0.2, 0.25) is 0 Å². The number of aromatic nitrogens is 3. The van der Waals surface area contributed by atoms with Gasteiger partial charge in [-0.3, -0.25) is 0 Å². The van der Waals surface area contributed by atoms with Gasteiger partial charge in [0.25, 0.3) is 0 Å². The minimum Gasteiger partial charge on any atom is -0.366 e. The van der Waals surface area contributed by atoms with Gasteiger partial charge in [0.15, 0.2) is 5.82 Å². The van der Waals surface area contributed by atoms with E-state index >= 15 is 0 Å². The normalized spacial score (nSPS) is 14.3. The van der Waals surface area contributed by atoms with Crippen LogP contribution in [0.5, 0.6) is 0 Å². The first-order chi connectivity index (χ1) is 13.2. The van der Waals surface area contributed by atoms with Crippen molar-refractivity contribution in [2.45, 2.75) is 6.92 Å². The van der Waals surface area contributed by atoms with Crippen LogP contribution in [-0.2, 0) is 0 Å². The summed E-state index contributed by atoms with van der Waals surface area (Å²) in [6.45, 7) is 4.62. The zero-order valence-corrected chi connectivity index (χ0v) is 15.0. The Morgan fingerprint density at radius 1 is 0.926 bits per heavy atom. The van der Waals surface area contributed by atoms with Gasteiger partial charge in [0.1, 0.15) is 11.9 Å².